The van der Waals surface area contributed by atoms with Crippen molar-refractivity contribution in [3.8, 4) is 0 Å². The predicted octanol–water partition coefficient (Wildman–Crippen LogP) is 0.0356. The molecule has 0 bridgehead atoms. The van der Waals surface area contributed by atoms with Crippen LogP contribution in [0.25, 0.3) is 0 Å². The van der Waals surface area contributed by atoms with Crippen molar-refractivity contribution >= 4 is 0 Å². The number of benzene rings is 1. The molecular formula is C12H13N3O2. The third-order valence-electron chi connectivity index (χ3n) is 2.57. The molecule has 5 heteroatoms. The van der Waals surface area contributed by atoms with Gasteiger partial charge in [0, 0.05) is 11.8 Å². The van der Waals surface area contributed by atoms with Gasteiger partial charge in [0.15, 0.2) is 0 Å². The highest BCUT2D eigenvalue weighted by molar-refractivity contribution is 5.17. The molecule has 2 aromatic rings. The summed E-state index contributed by atoms with van der Waals surface area (Å²) in [7, 11) is 0. The van der Waals surface area contributed by atoms with Crippen LogP contribution in [0.3, 0.4) is 0 Å². The largest absolute Gasteiger partial charge is 0.346 e. The van der Waals surface area contributed by atoms with Gasteiger partial charge in [-0.25, -0.2) is 9.47 Å². The van der Waals surface area contributed by atoms with Gasteiger partial charge in [-0.15, -0.1) is 0 Å². The lowest BCUT2D eigenvalue weighted by Crippen LogP contribution is -2.35. The van der Waals surface area contributed by atoms with E-state index < -0.39 is 5.69 Å². The van der Waals surface area contributed by atoms with E-state index in [-0.39, 0.29) is 5.56 Å². The van der Waals surface area contributed by atoms with Gasteiger partial charge in [-0.2, -0.15) is 0 Å². The summed E-state index contributed by atoms with van der Waals surface area (Å²) in [4.78, 5) is 24.7. The van der Waals surface area contributed by atoms with E-state index in [9.17, 15) is 9.59 Å². The van der Waals surface area contributed by atoms with Gasteiger partial charge < -0.3 is 5.84 Å². The number of nitrogens with two attached hydrogens (primary N) is 1. The quantitative estimate of drug-likeness (QED) is 0.731. The van der Waals surface area contributed by atoms with E-state index in [1.165, 1.54) is 6.20 Å². The molecule has 1 aromatic carbocycles. The topological polar surface area (TPSA) is 80.9 Å². The van der Waals surface area contributed by atoms with E-state index in [2.05, 4.69) is 4.98 Å². The van der Waals surface area contributed by atoms with Gasteiger partial charge in [0.1, 0.15) is 0 Å². The van der Waals surface area contributed by atoms with Gasteiger partial charge in [-0.3, -0.25) is 9.78 Å². The third-order valence-corrected chi connectivity index (χ3v) is 2.57. The highest BCUT2D eigenvalue weighted by Crippen LogP contribution is 2.02. The second kappa shape index (κ2) is 4.69. The van der Waals surface area contributed by atoms with Crippen LogP contribution in [-0.4, -0.2) is 9.66 Å². The number of rotatable bonds is 3. The first-order chi connectivity index (χ1) is 8.16. The molecule has 0 aliphatic rings. The number of nitrogens with one attached hydrogen (secondary N) is 1. The van der Waals surface area contributed by atoms with Crippen LogP contribution in [0.1, 0.15) is 11.1 Å². The summed E-state index contributed by atoms with van der Waals surface area (Å²) in [6.45, 7) is 0. The van der Waals surface area contributed by atoms with Crippen molar-refractivity contribution in [1.82, 2.24) is 9.66 Å². The van der Waals surface area contributed by atoms with Crippen LogP contribution < -0.4 is 17.1 Å². The second-order valence-corrected chi connectivity index (χ2v) is 3.81. The Hall–Kier alpha value is -2.30. The number of aryl methyl sites for hydroxylation is 2. The van der Waals surface area contributed by atoms with E-state index in [4.69, 9.17) is 5.84 Å². The van der Waals surface area contributed by atoms with Gasteiger partial charge in [0.05, 0.1) is 0 Å². The second-order valence-electron chi connectivity index (χ2n) is 3.81. The smallest absolute Gasteiger partial charge is 0.335 e. The Morgan fingerprint density at radius 3 is 2.53 bits per heavy atom. The summed E-state index contributed by atoms with van der Waals surface area (Å²) in [5.41, 5.74) is 0.684. The van der Waals surface area contributed by atoms with Crippen LogP contribution in [0, 0.1) is 0 Å². The molecule has 0 aliphatic heterocycles. The van der Waals surface area contributed by atoms with Crippen molar-refractivity contribution in [3.05, 3.63) is 68.5 Å². The van der Waals surface area contributed by atoms with Crippen LogP contribution in [0.4, 0.5) is 0 Å². The predicted molar refractivity (Wildman–Crippen MR) is 65.3 cm³/mol. The molecule has 3 N–H and O–H groups in total. The van der Waals surface area contributed by atoms with Crippen molar-refractivity contribution in [3.63, 3.8) is 0 Å². The molecule has 0 atom stereocenters. The first-order valence-corrected chi connectivity index (χ1v) is 5.30. The van der Waals surface area contributed by atoms with E-state index in [0.29, 0.717) is 12.0 Å². The molecule has 0 amide bonds. The van der Waals surface area contributed by atoms with E-state index in [1.807, 2.05) is 30.3 Å². The molecule has 0 radical (unpaired) electrons. The molecule has 2 rings (SSSR count). The van der Waals surface area contributed by atoms with Crippen molar-refractivity contribution in [2.75, 3.05) is 5.84 Å². The van der Waals surface area contributed by atoms with E-state index >= 15 is 0 Å². The average molecular weight is 231 g/mol. The first kappa shape index (κ1) is 11.2. The average Bonchev–Trinajstić information content (AvgIpc) is 2.33. The molecule has 1 heterocycles. The first-order valence-electron chi connectivity index (χ1n) is 5.30. The molecule has 17 heavy (non-hydrogen) atoms. The Kier molecular flexibility index (Phi) is 3.09. The Bertz CT molecular complexity index is 614. The molecule has 0 saturated carbocycles. The zero-order valence-corrected chi connectivity index (χ0v) is 9.22. The van der Waals surface area contributed by atoms with E-state index in [1.54, 1.807) is 0 Å². The monoisotopic (exact) mass is 231 g/mol. The van der Waals surface area contributed by atoms with Crippen LogP contribution in [-0.2, 0) is 12.8 Å². The Morgan fingerprint density at radius 2 is 1.82 bits per heavy atom. The Labute approximate surface area is 97.5 Å². The van der Waals surface area contributed by atoms with Crippen molar-refractivity contribution in [1.29, 1.82) is 0 Å². The molecule has 5 nitrogen and oxygen atoms in total. The Morgan fingerprint density at radius 1 is 1.12 bits per heavy atom. The zero-order valence-electron chi connectivity index (χ0n) is 9.22. The number of nitrogens with zero attached hydrogens (tertiary/aromatic N) is 1. The zero-order chi connectivity index (χ0) is 12.3. The van der Waals surface area contributed by atoms with Crippen LogP contribution in [0.2, 0.25) is 0 Å². The molecule has 0 spiro atoms. The van der Waals surface area contributed by atoms with Gasteiger partial charge in [-0.05, 0) is 18.4 Å². The Balaban J connectivity index is 2.18. The van der Waals surface area contributed by atoms with Crippen LogP contribution in [0.5, 0.6) is 0 Å². The minimum absolute atomic E-state index is 0.368. The SMILES string of the molecule is Nn1cc(CCc2ccccc2)c(=O)[nH]c1=O. The van der Waals surface area contributed by atoms with Gasteiger partial charge in [0.2, 0.25) is 0 Å². The maximum absolute atomic E-state index is 11.5. The summed E-state index contributed by atoms with van der Waals surface area (Å²) >= 11 is 0. The summed E-state index contributed by atoms with van der Waals surface area (Å²) < 4.78 is 0.891. The fraction of sp³-hybridized carbons (Fsp3) is 0.167. The number of hydrogen-bond acceptors (Lipinski definition) is 3. The lowest BCUT2D eigenvalue weighted by molar-refractivity contribution is 0.809. The lowest BCUT2D eigenvalue weighted by Gasteiger charge is -2.02. The van der Waals surface area contributed by atoms with Crippen molar-refractivity contribution in [2.45, 2.75) is 12.8 Å². The number of aromatic amines is 1. The number of aromatic nitrogens is 2. The number of hydrogen-bond donors (Lipinski definition) is 2. The maximum Gasteiger partial charge on any atom is 0.346 e. The minimum Gasteiger partial charge on any atom is -0.335 e. The van der Waals surface area contributed by atoms with Gasteiger partial charge >= 0.3 is 5.69 Å². The van der Waals surface area contributed by atoms with Gasteiger partial charge in [-0.1, -0.05) is 30.3 Å². The molecule has 0 aliphatic carbocycles. The van der Waals surface area contributed by atoms with Crippen molar-refractivity contribution in [2.24, 2.45) is 0 Å². The third kappa shape index (κ3) is 2.63. The van der Waals surface area contributed by atoms with E-state index in [0.717, 1.165) is 16.7 Å². The molecule has 0 fully saturated rings. The maximum atomic E-state index is 11.5. The normalized spacial score (nSPS) is 10.4. The highest BCUT2D eigenvalue weighted by Gasteiger charge is 2.03. The summed E-state index contributed by atoms with van der Waals surface area (Å²) in [6, 6.07) is 9.82. The number of nitrogen functional groups attached to an aromatic ring is 1. The number of H-pyrrole nitrogens is 1. The summed E-state index contributed by atoms with van der Waals surface area (Å²) in [5, 5.41) is 0. The molecule has 88 valence electrons. The van der Waals surface area contributed by atoms with Crippen LogP contribution >= 0.6 is 0 Å². The molecule has 1 aromatic heterocycles. The van der Waals surface area contributed by atoms with Crippen LogP contribution in [0.15, 0.2) is 46.1 Å². The fourth-order valence-corrected chi connectivity index (χ4v) is 1.63. The summed E-state index contributed by atoms with van der Waals surface area (Å²) in [6.07, 6.45) is 2.67. The standard InChI is InChI=1S/C12H13N3O2/c13-15-8-10(11(16)14-12(15)17)7-6-9-4-2-1-3-5-9/h1-5,8H,6-7,13H2,(H,14,16,17). The lowest BCUT2D eigenvalue weighted by atomic mass is 10.1. The van der Waals surface area contributed by atoms with Gasteiger partial charge in [0.25, 0.3) is 5.56 Å². The molecule has 0 unspecified atom stereocenters. The molecule has 0 saturated heterocycles. The highest BCUT2D eigenvalue weighted by atomic mass is 16.2. The van der Waals surface area contributed by atoms with Crippen molar-refractivity contribution < 1.29 is 0 Å². The molecular weight excluding hydrogens is 218 g/mol. The minimum atomic E-state index is -0.599. The summed E-state index contributed by atoms with van der Waals surface area (Å²) in [5.74, 6) is 5.39. The fourth-order valence-electron chi connectivity index (χ4n) is 1.63.